The van der Waals surface area contributed by atoms with E-state index < -0.39 is 0 Å². The van der Waals surface area contributed by atoms with Gasteiger partial charge in [0.15, 0.2) is 0 Å². The molecule has 0 radical (unpaired) electrons. The highest BCUT2D eigenvalue weighted by Crippen LogP contribution is 2.42. The lowest BCUT2D eigenvalue weighted by atomic mass is 9.69. The van der Waals surface area contributed by atoms with E-state index in [-0.39, 0.29) is 5.41 Å². The molecule has 0 spiro atoms. The van der Waals surface area contributed by atoms with Crippen LogP contribution in [0.2, 0.25) is 0 Å². The Morgan fingerprint density at radius 2 is 2.00 bits per heavy atom. The Morgan fingerprint density at radius 1 is 1.24 bits per heavy atom. The van der Waals surface area contributed by atoms with Gasteiger partial charge in [0.25, 0.3) is 0 Å². The molecular formula is C13H15N3O. The van der Waals surface area contributed by atoms with E-state index in [0.29, 0.717) is 18.3 Å². The van der Waals surface area contributed by atoms with Gasteiger partial charge in [-0.15, -0.1) is 0 Å². The van der Waals surface area contributed by atoms with Crippen molar-refractivity contribution in [1.82, 2.24) is 10.1 Å². The molecule has 2 aromatic rings. The monoisotopic (exact) mass is 229 g/mol. The maximum atomic E-state index is 5.82. The van der Waals surface area contributed by atoms with Gasteiger partial charge in [-0.1, -0.05) is 41.9 Å². The maximum absolute atomic E-state index is 5.82. The first-order valence-corrected chi connectivity index (χ1v) is 5.94. The molecule has 0 saturated heterocycles. The highest BCUT2D eigenvalue weighted by molar-refractivity contribution is 5.53. The molecule has 17 heavy (non-hydrogen) atoms. The highest BCUT2D eigenvalue weighted by atomic mass is 16.5. The summed E-state index contributed by atoms with van der Waals surface area (Å²) in [5.74, 6) is 1.35. The van der Waals surface area contributed by atoms with E-state index in [4.69, 9.17) is 10.3 Å². The molecule has 1 aromatic heterocycles. The molecule has 1 fully saturated rings. The second-order valence-electron chi connectivity index (χ2n) is 4.63. The Hall–Kier alpha value is -1.68. The van der Waals surface area contributed by atoms with Gasteiger partial charge in [0.1, 0.15) is 0 Å². The molecule has 4 heteroatoms. The van der Waals surface area contributed by atoms with Crippen molar-refractivity contribution >= 4 is 0 Å². The molecule has 4 nitrogen and oxygen atoms in total. The molecule has 0 amide bonds. The van der Waals surface area contributed by atoms with Crippen molar-refractivity contribution in [2.75, 3.05) is 6.54 Å². The fourth-order valence-electron chi connectivity index (χ4n) is 2.25. The molecule has 1 aliphatic carbocycles. The zero-order valence-electron chi connectivity index (χ0n) is 9.60. The molecule has 0 bridgehead atoms. The predicted molar refractivity (Wildman–Crippen MR) is 64.3 cm³/mol. The summed E-state index contributed by atoms with van der Waals surface area (Å²) >= 11 is 0. The van der Waals surface area contributed by atoms with Crippen molar-refractivity contribution in [1.29, 1.82) is 0 Å². The molecule has 0 atom stereocenters. The zero-order valence-corrected chi connectivity index (χ0v) is 9.60. The van der Waals surface area contributed by atoms with Crippen LogP contribution in [0.1, 0.15) is 25.2 Å². The Labute approximate surface area is 99.8 Å². The van der Waals surface area contributed by atoms with Crippen molar-refractivity contribution in [3.05, 3.63) is 36.2 Å². The summed E-state index contributed by atoms with van der Waals surface area (Å²) in [4.78, 5) is 4.49. The first kappa shape index (κ1) is 10.5. The number of hydrogen-bond acceptors (Lipinski definition) is 4. The lowest BCUT2D eigenvalue weighted by Gasteiger charge is -2.36. The van der Waals surface area contributed by atoms with Crippen LogP contribution < -0.4 is 5.73 Å². The van der Waals surface area contributed by atoms with Gasteiger partial charge in [-0.2, -0.15) is 4.98 Å². The second-order valence-corrected chi connectivity index (χ2v) is 4.63. The van der Waals surface area contributed by atoms with Gasteiger partial charge >= 0.3 is 0 Å². The summed E-state index contributed by atoms with van der Waals surface area (Å²) < 4.78 is 5.38. The Balaban J connectivity index is 1.93. The van der Waals surface area contributed by atoms with Gasteiger partial charge in [-0.05, 0) is 12.8 Å². The molecule has 1 heterocycles. The van der Waals surface area contributed by atoms with Gasteiger partial charge < -0.3 is 10.3 Å². The number of aromatic nitrogens is 2. The van der Waals surface area contributed by atoms with Gasteiger partial charge in [-0.3, -0.25) is 0 Å². The van der Waals surface area contributed by atoms with Crippen molar-refractivity contribution in [3.8, 4) is 11.4 Å². The van der Waals surface area contributed by atoms with E-state index >= 15 is 0 Å². The van der Waals surface area contributed by atoms with Crippen LogP contribution in [0, 0.1) is 0 Å². The molecular weight excluding hydrogens is 214 g/mol. The summed E-state index contributed by atoms with van der Waals surface area (Å²) in [7, 11) is 0. The summed E-state index contributed by atoms with van der Waals surface area (Å²) in [5.41, 5.74) is 6.75. The minimum Gasteiger partial charge on any atom is -0.338 e. The third kappa shape index (κ3) is 1.65. The number of nitrogens with zero attached hydrogens (tertiary/aromatic N) is 2. The van der Waals surface area contributed by atoms with Gasteiger partial charge in [0.05, 0.1) is 5.41 Å². The Morgan fingerprint density at radius 3 is 2.59 bits per heavy atom. The fraction of sp³-hybridized carbons (Fsp3) is 0.385. The quantitative estimate of drug-likeness (QED) is 0.875. The van der Waals surface area contributed by atoms with Crippen LogP contribution in [0.3, 0.4) is 0 Å². The normalized spacial score (nSPS) is 17.7. The van der Waals surface area contributed by atoms with Crippen LogP contribution in [0.4, 0.5) is 0 Å². The van der Waals surface area contributed by atoms with Crippen molar-refractivity contribution < 1.29 is 4.52 Å². The van der Waals surface area contributed by atoms with Crippen LogP contribution in [-0.4, -0.2) is 16.7 Å². The zero-order chi connectivity index (χ0) is 11.7. The molecule has 2 N–H and O–H groups in total. The molecule has 88 valence electrons. The molecule has 0 unspecified atom stereocenters. The van der Waals surface area contributed by atoms with Crippen molar-refractivity contribution in [2.24, 2.45) is 5.73 Å². The van der Waals surface area contributed by atoms with Crippen LogP contribution in [0.25, 0.3) is 11.4 Å². The average molecular weight is 229 g/mol. The summed E-state index contributed by atoms with van der Waals surface area (Å²) in [6.45, 7) is 0.587. The van der Waals surface area contributed by atoms with E-state index in [1.54, 1.807) is 0 Å². The third-order valence-corrected chi connectivity index (χ3v) is 3.61. The first-order valence-electron chi connectivity index (χ1n) is 5.94. The molecule has 1 aliphatic rings. The van der Waals surface area contributed by atoms with Crippen LogP contribution in [0.15, 0.2) is 34.9 Å². The summed E-state index contributed by atoms with van der Waals surface area (Å²) in [6.07, 6.45) is 3.31. The molecule has 1 saturated carbocycles. The molecule has 1 aromatic carbocycles. The highest BCUT2D eigenvalue weighted by Gasteiger charge is 2.42. The minimum atomic E-state index is -0.0555. The van der Waals surface area contributed by atoms with Gasteiger partial charge in [0.2, 0.25) is 11.7 Å². The van der Waals surface area contributed by atoms with Crippen LogP contribution in [0.5, 0.6) is 0 Å². The lowest BCUT2D eigenvalue weighted by Crippen LogP contribution is -2.41. The first-order chi connectivity index (χ1) is 8.34. The predicted octanol–water partition coefficient (Wildman–Crippen LogP) is 2.12. The van der Waals surface area contributed by atoms with E-state index in [9.17, 15) is 0 Å². The lowest BCUT2D eigenvalue weighted by molar-refractivity contribution is 0.182. The van der Waals surface area contributed by atoms with Crippen LogP contribution >= 0.6 is 0 Å². The SMILES string of the molecule is NCC1(c2nc(-c3ccccc3)no2)CCC1. The standard InChI is InChI=1S/C13H15N3O/c14-9-13(7-4-8-13)12-15-11(16-17-12)10-5-2-1-3-6-10/h1-3,5-6H,4,7-9,14H2. The van der Waals surface area contributed by atoms with E-state index in [2.05, 4.69) is 10.1 Å². The topological polar surface area (TPSA) is 64.9 Å². The smallest absolute Gasteiger partial charge is 0.234 e. The minimum absolute atomic E-state index is 0.0555. The largest absolute Gasteiger partial charge is 0.338 e. The van der Waals surface area contributed by atoms with E-state index in [0.717, 1.165) is 18.4 Å². The Bertz CT molecular complexity index is 497. The molecule has 0 aliphatic heterocycles. The number of nitrogens with two attached hydrogens (primary N) is 1. The summed E-state index contributed by atoms with van der Waals surface area (Å²) in [5, 5.41) is 4.04. The number of rotatable bonds is 3. The van der Waals surface area contributed by atoms with E-state index in [1.165, 1.54) is 6.42 Å². The van der Waals surface area contributed by atoms with Gasteiger partial charge in [0, 0.05) is 12.1 Å². The molecule has 3 rings (SSSR count). The van der Waals surface area contributed by atoms with Crippen LogP contribution in [-0.2, 0) is 5.41 Å². The Kier molecular flexibility index (Phi) is 2.44. The van der Waals surface area contributed by atoms with Gasteiger partial charge in [-0.25, -0.2) is 0 Å². The van der Waals surface area contributed by atoms with Crippen molar-refractivity contribution in [2.45, 2.75) is 24.7 Å². The third-order valence-electron chi connectivity index (χ3n) is 3.61. The summed E-state index contributed by atoms with van der Waals surface area (Å²) in [6, 6.07) is 9.85. The maximum Gasteiger partial charge on any atom is 0.234 e. The number of benzene rings is 1. The fourth-order valence-corrected chi connectivity index (χ4v) is 2.25. The average Bonchev–Trinajstić information content (AvgIpc) is 2.80. The van der Waals surface area contributed by atoms with Crippen molar-refractivity contribution in [3.63, 3.8) is 0 Å². The second kappa shape index (κ2) is 3.96. The number of hydrogen-bond donors (Lipinski definition) is 1. The van der Waals surface area contributed by atoms with E-state index in [1.807, 2.05) is 30.3 Å².